The van der Waals surface area contributed by atoms with Gasteiger partial charge in [0.1, 0.15) is 5.65 Å². The lowest BCUT2D eigenvalue weighted by atomic mass is 9.85. The Hall–Kier alpha value is -3.74. The number of guanidine groups is 1. The van der Waals surface area contributed by atoms with E-state index < -0.39 is 5.76 Å². The van der Waals surface area contributed by atoms with Gasteiger partial charge < -0.3 is 27.5 Å². The summed E-state index contributed by atoms with van der Waals surface area (Å²) in [6.07, 6.45) is 5.54. The van der Waals surface area contributed by atoms with Crippen molar-refractivity contribution in [2.75, 3.05) is 13.1 Å². The van der Waals surface area contributed by atoms with Crippen molar-refractivity contribution in [2.24, 2.45) is 22.2 Å². The molecule has 274 valence electrons. The Morgan fingerprint density at radius 1 is 1.00 bits per heavy atom. The van der Waals surface area contributed by atoms with E-state index in [2.05, 4.69) is 80.9 Å². The number of fused-ring (bicyclic) bond motifs is 1. The summed E-state index contributed by atoms with van der Waals surface area (Å²) in [5.41, 5.74) is 21.9. The first-order valence-corrected chi connectivity index (χ1v) is 18.1. The minimum atomic E-state index is -2.37. The second-order valence-corrected chi connectivity index (χ2v) is 16.0. The molecule has 9 nitrogen and oxygen atoms in total. The largest absolute Gasteiger partial charge is 0.370 e. The molecular weight excluding hydrogens is 655 g/mol. The van der Waals surface area contributed by atoms with Gasteiger partial charge in [0.05, 0.1) is 5.69 Å². The summed E-state index contributed by atoms with van der Waals surface area (Å²) < 4.78 is 26.8. The molecule has 0 amide bonds. The van der Waals surface area contributed by atoms with Gasteiger partial charge in [-0.2, -0.15) is 13.8 Å². The van der Waals surface area contributed by atoms with Gasteiger partial charge >= 0.3 is 5.69 Å². The van der Waals surface area contributed by atoms with Crippen LogP contribution in [0.5, 0.6) is 0 Å². The first-order valence-electron chi connectivity index (χ1n) is 17.2. The van der Waals surface area contributed by atoms with Crippen LogP contribution in [0.2, 0.25) is 0 Å². The van der Waals surface area contributed by atoms with Crippen LogP contribution in [-0.2, 0) is 17.3 Å². The van der Waals surface area contributed by atoms with E-state index in [0.717, 1.165) is 65.7 Å². The molecule has 0 aliphatic carbocycles. The van der Waals surface area contributed by atoms with Gasteiger partial charge in [-0.15, -0.1) is 0 Å². The van der Waals surface area contributed by atoms with Crippen molar-refractivity contribution in [3.05, 3.63) is 87.6 Å². The molecule has 0 saturated carbocycles. The van der Waals surface area contributed by atoms with Gasteiger partial charge in [-0.05, 0) is 98.5 Å². The van der Waals surface area contributed by atoms with E-state index in [1.165, 1.54) is 0 Å². The molecule has 4 rings (SSSR count). The summed E-state index contributed by atoms with van der Waals surface area (Å²) in [7, 11) is 0. The molecule has 0 unspecified atom stereocenters. The summed E-state index contributed by atoms with van der Waals surface area (Å²) in [6.45, 7) is 18.2. The number of H-pyrrole nitrogens is 1. The third kappa shape index (κ3) is 12.9. The number of hydrogen-bond donors (Lipinski definition) is 5. The highest BCUT2D eigenvalue weighted by Crippen LogP contribution is 2.32. The van der Waals surface area contributed by atoms with Gasteiger partial charge in [-0.25, -0.2) is 4.79 Å². The normalized spacial score (nSPS) is 13.2. The van der Waals surface area contributed by atoms with Gasteiger partial charge in [-0.3, -0.25) is 9.56 Å². The second-order valence-electron chi connectivity index (χ2n) is 14.9. The number of nitrogens with zero attached hydrogens (tertiary/aromatic N) is 3. The molecule has 50 heavy (non-hydrogen) atoms. The quantitative estimate of drug-likeness (QED) is 0.0423. The standard InChI is InChI=1S/C22H31N7O.C16H25F2NS/c1-14(25-10-5-11-26-20(23)24)15-6-8-17(9-7-15)29-13-16-12-18(22(2,3)4)27-19(16)28-21(29)30;1-11(19)6-5-7-12-8-13(16(2,3)4)10-14(9-12)20-15(17)18/h6-9,12-14,25H,5,10-11H2,1-4H3,(H4,23,24,26)(H,27,28,30);8-11,15H,5-7,19H2,1-4H3/t14-;11-/m00/s1. The SMILES string of the molecule is C[C@H](N)CCCc1cc(SC(F)F)cc(C(C)(C)C)c1.C[C@H](NCCCN=C(N)N)c1ccc(-n2cc3cc(C(C)(C)C)[nH]c3nc2=O)cc1. The Balaban J connectivity index is 0.000000295. The van der Waals surface area contributed by atoms with Crippen LogP contribution in [0, 0.1) is 0 Å². The van der Waals surface area contributed by atoms with Gasteiger partial charge in [0.2, 0.25) is 0 Å². The fourth-order valence-electron chi connectivity index (χ4n) is 5.27. The summed E-state index contributed by atoms with van der Waals surface area (Å²) in [6, 6.07) is 16.3. The number of rotatable bonds is 13. The number of aromatic nitrogens is 3. The average molecular weight is 711 g/mol. The first-order chi connectivity index (χ1) is 23.3. The number of halogens is 2. The molecule has 2 aromatic heterocycles. The lowest BCUT2D eigenvalue weighted by molar-refractivity contribution is 0.252. The lowest BCUT2D eigenvalue weighted by Crippen LogP contribution is -2.24. The molecule has 0 aliphatic rings. The highest BCUT2D eigenvalue weighted by atomic mass is 32.2. The summed E-state index contributed by atoms with van der Waals surface area (Å²) in [5.74, 6) is -2.25. The molecule has 0 spiro atoms. The lowest BCUT2D eigenvalue weighted by Gasteiger charge is -2.21. The fraction of sp³-hybridized carbons (Fsp3) is 0.500. The van der Waals surface area contributed by atoms with Crippen molar-refractivity contribution < 1.29 is 8.78 Å². The minimum Gasteiger partial charge on any atom is -0.370 e. The third-order valence-corrected chi connectivity index (χ3v) is 8.94. The van der Waals surface area contributed by atoms with Crippen LogP contribution < -0.4 is 28.2 Å². The van der Waals surface area contributed by atoms with E-state index in [1.54, 1.807) is 4.57 Å². The zero-order chi connectivity index (χ0) is 37.2. The maximum atomic E-state index is 12.6. The summed E-state index contributed by atoms with van der Waals surface area (Å²) >= 11 is 0.625. The van der Waals surface area contributed by atoms with Gasteiger partial charge in [-0.1, -0.05) is 71.5 Å². The van der Waals surface area contributed by atoms with Gasteiger partial charge in [0, 0.05) is 46.2 Å². The molecule has 0 radical (unpaired) electrons. The maximum absolute atomic E-state index is 12.6. The van der Waals surface area contributed by atoms with Crippen molar-refractivity contribution in [1.29, 1.82) is 0 Å². The summed E-state index contributed by atoms with van der Waals surface area (Å²) in [4.78, 5) is 24.7. The van der Waals surface area contributed by atoms with Gasteiger partial charge in [0.15, 0.2) is 5.96 Å². The van der Waals surface area contributed by atoms with Crippen molar-refractivity contribution in [3.8, 4) is 5.69 Å². The predicted octanol–water partition coefficient (Wildman–Crippen LogP) is 7.29. The fourth-order valence-corrected chi connectivity index (χ4v) is 5.89. The highest BCUT2D eigenvalue weighted by Gasteiger charge is 2.19. The smallest absolute Gasteiger partial charge is 0.354 e. The number of hydrogen-bond acceptors (Lipinski definition) is 6. The zero-order valence-corrected chi connectivity index (χ0v) is 31.6. The molecular formula is C38H56F2N8OS. The number of benzene rings is 2. The average Bonchev–Trinajstić information content (AvgIpc) is 3.43. The molecule has 2 atom stereocenters. The molecule has 2 aromatic carbocycles. The number of aromatic amines is 1. The molecule has 0 aliphatic heterocycles. The number of nitrogens with one attached hydrogen (secondary N) is 2. The van der Waals surface area contributed by atoms with E-state index in [0.29, 0.717) is 28.8 Å². The van der Waals surface area contributed by atoms with Crippen LogP contribution in [0.4, 0.5) is 8.78 Å². The Morgan fingerprint density at radius 3 is 2.26 bits per heavy atom. The molecule has 0 saturated heterocycles. The van der Waals surface area contributed by atoms with Crippen molar-refractivity contribution >= 4 is 28.8 Å². The Bertz CT molecular complexity index is 1750. The van der Waals surface area contributed by atoms with Crippen molar-refractivity contribution in [1.82, 2.24) is 19.9 Å². The monoisotopic (exact) mass is 710 g/mol. The van der Waals surface area contributed by atoms with Crippen molar-refractivity contribution in [3.63, 3.8) is 0 Å². The van der Waals surface area contributed by atoms with Crippen LogP contribution in [-0.4, -0.2) is 45.4 Å². The van der Waals surface area contributed by atoms with Crippen LogP contribution in [0.1, 0.15) is 103 Å². The van der Waals surface area contributed by atoms with Crippen LogP contribution in [0.25, 0.3) is 16.7 Å². The molecule has 2 heterocycles. The number of alkyl halides is 2. The number of aryl methyl sites for hydroxylation is 1. The number of nitrogens with two attached hydrogens (primary N) is 3. The number of aliphatic imine (C=N–C) groups is 1. The highest BCUT2D eigenvalue weighted by molar-refractivity contribution is 7.99. The molecule has 4 aromatic rings. The second kappa shape index (κ2) is 18.0. The molecule has 0 fully saturated rings. The van der Waals surface area contributed by atoms with Gasteiger partial charge in [0.25, 0.3) is 5.76 Å². The zero-order valence-electron chi connectivity index (χ0n) is 30.8. The van der Waals surface area contributed by atoms with Crippen LogP contribution in [0.3, 0.4) is 0 Å². The van der Waals surface area contributed by atoms with Crippen LogP contribution in [0.15, 0.2) is 69.4 Å². The first kappa shape index (κ1) is 40.7. The van der Waals surface area contributed by atoms with E-state index >= 15 is 0 Å². The van der Waals surface area contributed by atoms with E-state index in [9.17, 15) is 13.6 Å². The topological polar surface area (TPSA) is 153 Å². The Labute approximate surface area is 299 Å². The molecule has 0 bridgehead atoms. The van der Waals surface area contributed by atoms with E-state index in [1.807, 2.05) is 49.5 Å². The van der Waals surface area contributed by atoms with E-state index in [4.69, 9.17) is 17.2 Å². The molecule has 12 heteroatoms. The van der Waals surface area contributed by atoms with Crippen LogP contribution >= 0.6 is 11.8 Å². The Kier molecular flexibility index (Phi) is 14.6. The number of thioether (sulfide) groups is 1. The third-order valence-electron chi connectivity index (χ3n) is 8.25. The maximum Gasteiger partial charge on any atom is 0.354 e. The Morgan fingerprint density at radius 2 is 1.68 bits per heavy atom. The molecule has 8 N–H and O–H groups in total. The van der Waals surface area contributed by atoms with E-state index in [-0.39, 0.29) is 34.6 Å². The summed E-state index contributed by atoms with van der Waals surface area (Å²) in [5, 5.41) is 4.36. The predicted molar refractivity (Wildman–Crippen MR) is 206 cm³/mol. The minimum absolute atomic E-state index is 0.0331. The van der Waals surface area contributed by atoms with Crippen molar-refractivity contribution in [2.45, 2.75) is 115 Å².